The van der Waals surface area contributed by atoms with Crippen molar-refractivity contribution in [2.75, 3.05) is 24.5 Å². The Hall–Kier alpha value is -2.94. The number of aryl methyl sites for hydroxylation is 3. The molecule has 3 aliphatic rings. The average Bonchev–Trinajstić information content (AvgIpc) is 3.53. The Balaban J connectivity index is 1.34. The summed E-state index contributed by atoms with van der Waals surface area (Å²) in [5, 5.41) is 9.59. The molecule has 5 heterocycles. The zero-order chi connectivity index (χ0) is 23.4. The Morgan fingerprint density at radius 2 is 1.94 bits per heavy atom. The van der Waals surface area contributed by atoms with E-state index >= 15 is 0 Å². The molecular weight excluding hydrogens is 428 g/mol. The monoisotopic (exact) mass is 462 g/mol. The van der Waals surface area contributed by atoms with Gasteiger partial charge in [0.25, 0.3) is 5.91 Å². The number of nitrogens with two attached hydrogens (primary N) is 1. The van der Waals surface area contributed by atoms with Crippen LogP contribution in [0.4, 0.5) is 5.82 Å². The van der Waals surface area contributed by atoms with Crippen LogP contribution in [0, 0.1) is 6.92 Å². The minimum atomic E-state index is -0.0407. The van der Waals surface area contributed by atoms with Crippen molar-refractivity contribution in [3.8, 4) is 0 Å². The zero-order valence-electron chi connectivity index (χ0n) is 20.2. The lowest BCUT2D eigenvalue weighted by atomic mass is 9.94. The first-order chi connectivity index (χ1) is 16.5. The fourth-order valence-corrected chi connectivity index (χ4v) is 6.05. The van der Waals surface area contributed by atoms with Crippen molar-refractivity contribution in [1.82, 2.24) is 29.3 Å². The lowest BCUT2D eigenvalue weighted by molar-refractivity contribution is 0.0593. The molecule has 2 atom stereocenters. The van der Waals surface area contributed by atoms with Gasteiger partial charge in [0.1, 0.15) is 11.5 Å². The third kappa shape index (κ3) is 3.57. The topological polar surface area (TPSA) is 97.6 Å². The summed E-state index contributed by atoms with van der Waals surface area (Å²) in [5.74, 6) is 1.08. The van der Waals surface area contributed by atoms with Gasteiger partial charge in [-0.05, 0) is 58.3 Å². The van der Waals surface area contributed by atoms with E-state index in [1.807, 2.05) is 21.1 Å². The first-order valence-electron chi connectivity index (χ1n) is 12.7. The Labute approximate surface area is 199 Å². The van der Waals surface area contributed by atoms with Crippen LogP contribution in [-0.4, -0.2) is 60.9 Å². The molecule has 0 bridgehead atoms. The number of carbonyl (C=O) groups excluding carboxylic acids is 1. The fourth-order valence-electron chi connectivity index (χ4n) is 6.05. The number of nitrogens with zero attached hydrogens (tertiary/aromatic N) is 7. The predicted molar refractivity (Wildman–Crippen MR) is 130 cm³/mol. The summed E-state index contributed by atoms with van der Waals surface area (Å²) < 4.78 is 3.68. The van der Waals surface area contributed by atoms with Gasteiger partial charge >= 0.3 is 0 Å². The smallest absolute Gasteiger partial charge is 0.272 e. The molecule has 2 unspecified atom stereocenters. The summed E-state index contributed by atoms with van der Waals surface area (Å²) >= 11 is 0. The number of anilines is 1. The summed E-state index contributed by atoms with van der Waals surface area (Å²) in [6, 6.07) is 2.23. The van der Waals surface area contributed by atoms with Crippen LogP contribution < -0.4 is 10.6 Å². The molecule has 3 aromatic heterocycles. The maximum atomic E-state index is 13.9. The van der Waals surface area contributed by atoms with E-state index in [2.05, 4.69) is 29.2 Å². The van der Waals surface area contributed by atoms with Crippen LogP contribution in [0.1, 0.15) is 77.6 Å². The first kappa shape index (κ1) is 21.6. The number of amides is 1. The van der Waals surface area contributed by atoms with E-state index in [4.69, 9.17) is 15.8 Å². The maximum absolute atomic E-state index is 13.9. The SMILES string of the molecule is Cc1cn2nc(C3CCCCN3C(=O)c3c4c(nn3C)CCCC4)cc2nc1N1CCC(N)C1. The zero-order valence-corrected chi connectivity index (χ0v) is 20.2. The number of aromatic nitrogens is 5. The number of piperidine rings is 1. The van der Waals surface area contributed by atoms with Crippen LogP contribution in [-0.2, 0) is 19.9 Å². The highest BCUT2D eigenvalue weighted by molar-refractivity contribution is 5.94. The van der Waals surface area contributed by atoms with Crippen molar-refractivity contribution >= 4 is 17.4 Å². The third-order valence-corrected chi connectivity index (χ3v) is 7.77. The number of rotatable bonds is 3. The van der Waals surface area contributed by atoms with Crippen LogP contribution in [0.5, 0.6) is 0 Å². The Kier molecular flexibility index (Phi) is 5.32. The molecule has 2 aliphatic heterocycles. The van der Waals surface area contributed by atoms with Crippen molar-refractivity contribution < 1.29 is 4.79 Å². The largest absolute Gasteiger partial charge is 0.355 e. The lowest BCUT2D eigenvalue weighted by Gasteiger charge is -2.35. The van der Waals surface area contributed by atoms with Crippen LogP contribution in [0.25, 0.3) is 5.65 Å². The molecule has 2 saturated heterocycles. The molecule has 0 spiro atoms. The molecule has 6 rings (SSSR count). The van der Waals surface area contributed by atoms with E-state index in [1.54, 1.807) is 0 Å². The molecule has 1 aliphatic carbocycles. The lowest BCUT2D eigenvalue weighted by Crippen LogP contribution is -2.40. The maximum Gasteiger partial charge on any atom is 0.272 e. The van der Waals surface area contributed by atoms with Gasteiger partial charge in [0.2, 0.25) is 0 Å². The van der Waals surface area contributed by atoms with Crippen molar-refractivity contribution in [1.29, 1.82) is 0 Å². The van der Waals surface area contributed by atoms with Gasteiger partial charge in [-0.1, -0.05) is 0 Å². The third-order valence-electron chi connectivity index (χ3n) is 7.77. The molecule has 1 amide bonds. The van der Waals surface area contributed by atoms with Crippen molar-refractivity contribution in [2.24, 2.45) is 12.8 Å². The molecule has 3 aromatic rings. The quantitative estimate of drug-likeness (QED) is 0.643. The Bertz CT molecular complexity index is 1240. The predicted octanol–water partition coefficient (Wildman–Crippen LogP) is 2.55. The second-order valence-corrected chi connectivity index (χ2v) is 10.2. The Morgan fingerprint density at radius 3 is 2.76 bits per heavy atom. The standard InChI is InChI=1S/C25H34N8O/c1-16-14-33-22(27-24(16)31-12-10-17(26)15-31)13-20(29-33)21-9-5-6-11-32(21)25(34)23-18-7-3-4-8-19(18)28-30(23)2/h13-14,17,21H,3-12,15,26H2,1-2H3. The number of hydrogen-bond donors (Lipinski definition) is 1. The molecule has 0 radical (unpaired) electrons. The van der Waals surface area contributed by atoms with Crippen molar-refractivity contribution in [2.45, 2.75) is 70.4 Å². The number of carbonyl (C=O) groups is 1. The average molecular weight is 463 g/mol. The van der Waals surface area contributed by atoms with Gasteiger partial charge in [-0.25, -0.2) is 9.50 Å². The van der Waals surface area contributed by atoms with E-state index < -0.39 is 0 Å². The summed E-state index contributed by atoms with van der Waals surface area (Å²) in [4.78, 5) is 23.1. The van der Waals surface area contributed by atoms with Crippen molar-refractivity contribution in [3.05, 3.63) is 40.5 Å². The van der Waals surface area contributed by atoms with Crippen LogP contribution in [0.15, 0.2) is 12.3 Å². The molecule has 34 heavy (non-hydrogen) atoms. The van der Waals surface area contributed by atoms with Crippen LogP contribution in [0.3, 0.4) is 0 Å². The highest BCUT2D eigenvalue weighted by Gasteiger charge is 2.34. The summed E-state index contributed by atoms with van der Waals surface area (Å²) in [6.45, 7) is 4.60. The van der Waals surface area contributed by atoms with Crippen molar-refractivity contribution in [3.63, 3.8) is 0 Å². The van der Waals surface area contributed by atoms with Gasteiger partial charge in [-0.3, -0.25) is 9.48 Å². The molecule has 0 aromatic carbocycles. The van der Waals surface area contributed by atoms with Gasteiger partial charge in [-0.2, -0.15) is 10.2 Å². The minimum Gasteiger partial charge on any atom is -0.355 e. The molecule has 9 heteroatoms. The van der Waals surface area contributed by atoms with Crippen LogP contribution >= 0.6 is 0 Å². The van der Waals surface area contributed by atoms with E-state index in [-0.39, 0.29) is 18.0 Å². The highest BCUT2D eigenvalue weighted by Crippen LogP contribution is 2.34. The van der Waals surface area contributed by atoms with Gasteiger partial charge in [-0.15, -0.1) is 0 Å². The second-order valence-electron chi connectivity index (χ2n) is 10.2. The molecule has 2 N–H and O–H groups in total. The van der Waals surface area contributed by atoms with E-state index in [0.29, 0.717) is 0 Å². The molecule has 9 nitrogen and oxygen atoms in total. The van der Waals surface area contributed by atoms with E-state index in [0.717, 1.165) is 111 Å². The molecular formula is C25H34N8O. The summed E-state index contributed by atoms with van der Waals surface area (Å²) in [6.07, 6.45) is 10.3. The first-order valence-corrected chi connectivity index (χ1v) is 12.7. The molecule has 2 fully saturated rings. The van der Waals surface area contributed by atoms with E-state index in [9.17, 15) is 4.79 Å². The van der Waals surface area contributed by atoms with E-state index in [1.165, 1.54) is 0 Å². The highest BCUT2D eigenvalue weighted by atomic mass is 16.2. The van der Waals surface area contributed by atoms with Crippen LogP contribution in [0.2, 0.25) is 0 Å². The van der Waals surface area contributed by atoms with Gasteiger partial charge < -0.3 is 15.5 Å². The van der Waals surface area contributed by atoms with Gasteiger partial charge in [0.05, 0.1) is 17.4 Å². The normalized spacial score (nSPS) is 23.0. The minimum absolute atomic E-state index is 0.0407. The summed E-state index contributed by atoms with van der Waals surface area (Å²) in [5.41, 5.74) is 12.0. The summed E-state index contributed by atoms with van der Waals surface area (Å²) in [7, 11) is 1.91. The Morgan fingerprint density at radius 1 is 1.09 bits per heavy atom. The van der Waals surface area contributed by atoms with Gasteiger partial charge in [0, 0.05) is 56.1 Å². The number of hydrogen-bond acceptors (Lipinski definition) is 6. The second kappa shape index (κ2) is 8.37. The fraction of sp³-hybridized carbons (Fsp3) is 0.600. The number of fused-ring (bicyclic) bond motifs is 2. The number of likely N-dealkylation sites (tertiary alicyclic amines) is 1. The molecule has 0 saturated carbocycles. The molecule has 180 valence electrons. The van der Waals surface area contributed by atoms with Gasteiger partial charge in [0.15, 0.2) is 5.65 Å².